The maximum atomic E-state index is 13.2. The number of sulfonamides is 1. The molecule has 0 saturated carbocycles. The van der Waals surface area contributed by atoms with Gasteiger partial charge in [0.1, 0.15) is 10.6 Å². The summed E-state index contributed by atoms with van der Waals surface area (Å²) in [4.78, 5) is 15.0. The van der Waals surface area contributed by atoms with Crippen LogP contribution in [0.1, 0.15) is 36.2 Å². The van der Waals surface area contributed by atoms with Gasteiger partial charge in [-0.15, -0.1) is 0 Å². The molecular weight excluding hydrogens is 376 g/mol. The molecule has 28 heavy (non-hydrogen) atoms. The van der Waals surface area contributed by atoms with Crippen molar-refractivity contribution in [2.45, 2.75) is 31.6 Å². The summed E-state index contributed by atoms with van der Waals surface area (Å²) in [6.07, 6.45) is 1.81. The Bertz CT molecular complexity index is 968. The molecule has 1 heterocycles. The summed E-state index contributed by atoms with van der Waals surface area (Å²) in [7, 11) is -2.32. The highest BCUT2D eigenvalue weighted by Crippen LogP contribution is 2.31. The van der Waals surface area contributed by atoms with Gasteiger partial charge in [0.25, 0.3) is 5.91 Å². The molecule has 7 heteroatoms. The zero-order valence-electron chi connectivity index (χ0n) is 16.5. The van der Waals surface area contributed by atoms with E-state index >= 15 is 0 Å². The Labute approximate surface area is 166 Å². The summed E-state index contributed by atoms with van der Waals surface area (Å²) in [6, 6.07) is 12.5. The number of fused-ring (bicyclic) bond motifs is 1. The highest BCUT2D eigenvalue weighted by atomic mass is 32.2. The molecule has 1 aliphatic rings. The molecular formula is C21H26N2O4S. The van der Waals surface area contributed by atoms with Crippen LogP contribution in [0.25, 0.3) is 0 Å². The van der Waals surface area contributed by atoms with Crippen LogP contribution >= 0.6 is 0 Å². The number of carbonyl (C=O) groups is 1. The fourth-order valence-electron chi connectivity index (χ4n) is 3.61. The minimum Gasteiger partial charge on any atom is -0.495 e. The van der Waals surface area contributed by atoms with Crippen LogP contribution in [0.15, 0.2) is 47.4 Å². The summed E-state index contributed by atoms with van der Waals surface area (Å²) in [5.41, 5.74) is 2.36. The molecule has 6 nitrogen and oxygen atoms in total. The number of amides is 1. The van der Waals surface area contributed by atoms with Crippen molar-refractivity contribution >= 4 is 21.6 Å². The number of anilines is 1. The molecule has 2 aromatic rings. The monoisotopic (exact) mass is 402 g/mol. The van der Waals surface area contributed by atoms with E-state index < -0.39 is 10.0 Å². The maximum Gasteiger partial charge on any atom is 0.258 e. The second-order valence-corrected chi connectivity index (χ2v) is 8.55. The van der Waals surface area contributed by atoms with E-state index in [0.717, 1.165) is 24.1 Å². The van der Waals surface area contributed by atoms with Gasteiger partial charge < -0.3 is 9.64 Å². The van der Waals surface area contributed by atoms with Gasteiger partial charge in [-0.3, -0.25) is 4.79 Å². The molecule has 0 saturated heterocycles. The quantitative estimate of drug-likeness (QED) is 0.743. The first-order valence-electron chi connectivity index (χ1n) is 9.52. The Morgan fingerprint density at radius 2 is 1.86 bits per heavy atom. The van der Waals surface area contributed by atoms with Gasteiger partial charge in [0.2, 0.25) is 10.0 Å². The number of methoxy groups -OCH3 is 1. The Morgan fingerprint density at radius 1 is 1.14 bits per heavy atom. The van der Waals surface area contributed by atoms with Crippen LogP contribution in [0, 0.1) is 0 Å². The van der Waals surface area contributed by atoms with Crippen LogP contribution in [-0.2, 0) is 16.4 Å². The first-order valence-corrected chi connectivity index (χ1v) is 11.0. The van der Waals surface area contributed by atoms with E-state index in [1.807, 2.05) is 24.3 Å². The molecule has 3 rings (SSSR count). The molecule has 0 aromatic heterocycles. The summed E-state index contributed by atoms with van der Waals surface area (Å²) in [5.74, 6) is 0.0355. The third-order valence-electron chi connectivity index (χ3n) is 5.09. The number of aryl methyl sites for hydroxylation is 1. The number of hydrogen-bond donors (Lipinski definition) is 0. The average molecular weight is 403 g/mol. The standard InChI is InChI=1S/C21H26N2O4S/c1-4-22(5-2)28(25,26)20-15-17(12-13-19(20)27-3)21(24)23-14-8-10-16-9-6-7-11-18(16)23/h6-7,9,11-13,15H,4-5,8,10,14H2,1-3H3. The minimum atomic E-state index is -3.75. The van der Waals surface area contributed by atoms with E-state index in [2.05, 4.69) is 0 Å². The van der Waals surface area contributed by atoms with Crippen molar-refractivity contribution in [1.29, 1.82) is 0 Å². The predicted octanol–water partition coefficient (Wildman–Crippen LogP) is 3.32. The van der Waals surface area contributed by atoms with Crippen LogP contribution in [0.2, 0.25) is 0 Å². The molecule has 2 aromatic carbocycles. The second-order valence-electron chi connectivity index (χ2n) is 6.64. The third kappa shape index (κ3) is 3.64. The number of nitrogens with zero attached hydrogens (tertiary/aromatic N) is 2. The molecule has 0 bridgehead atoms. The van der Waals surface area contributed by atoms with Gasteiger partial charge in [-0.25, -0.2) is 8.42 Å². The lowest BCUT2D eigenvalue weighted by Gasteiger charge is -2.29. The third-order valence-corrected chi connectivity index (χ3v) is 7.16. The Kier molecular flexibility index (Phi) is 6.05. The molecule has 0 radical (unpaired) electrons. The maximum absolute atomic E-state index is 13.2. The first kappa shape index (κ1) is 20.4. The number of carbonyl (C=O) groups excluding carboxylic acids is 1. The molecule has 0 N–H and O–H groups in total. The van der Waals surface area contributed by atoms with Gasteiger partial charge in [0, 0.05) is 30.9 Å². The van der Waals surface area contributed by atoms with Crippen molar-refractivity contribution in [2.24, 2.45) is 0 Å². The van der Waals surface area contributed by atoms with Gasteiger partial charge in [-0.2, -0.15) is 4.31 Å². The fourth-order valence-corrected chi connectivity index (χ4v) is 5.25. The molecule has 0 aliphatic carbocycles. The molecule has 1 aliphatic heterocycles. The molecule has 0 spiro atoms. The molecule has 150 valence electrons. The summed E-state index contributed by atoms with van der Waals surface area (Å²) >= 11 is 0. The Hall–Kier alpha value is -2.38. The number of hydrogen-bond acceptors (Lipinski definition) is 4. The molecule has 0 unspecified atom stereocenters. The predicted molar refractivity (Wildman–Crippen MR) is 110 cm³/mol. The van der Waals surface area contributed by atoms with Gasteiger partial charge in [-0.05, 0) is 42.7 Å². The van der Waals surface area contributed by atoms with Gasteiger partial charge in [0.15, 0.2) is 0 Å². The van der Waals surface area contributed by atoms with Crippen LogP contribution in [0.5, 0.6) is 5.75 Å². The average Bonchev–Trinajstić information content (AvgIpc) is 2.73. The van der Waals surface area contributed by atoms with Crippen LogP contribution < -0.4 is 9.64 Å². The topological polar surface area (TPSA) is 66.9 Å². The van der Waals surface area contributed by atoms with Crippen LogP contribution in [0.3, 0.4) is 0 Å². The Morgan fingerprint density at radius 3 is 2.54 bits per heavy atom. The summed E-state index contributed by atoms with van der Waals surface area (Å²) in [5, 5.41) is 0. The SMILES string of the molecule is CCN(CC)S(=O)(=O)c1cc(C(=O)N2CCCc3ccccc32)ccc1OC. The van der Waals surface area contributed by atoms with Gasteiger partial charge >= 0.3 is 0 Å². The van der Waals surface area contributed by atoms with Crippen LogP contribution in [0.4, 0.5) is 5.69 Å². The van der Waals surface area contributed by atoms with Crippen molar-refractivity contribution < 1.29 is 17.9 Å². The van der Waals surface area contributed by atoms with Gasteiger partial charge in [0.05, 0.1) is 7.11 Å². The number of para-hydroxylation sites is 1. The lowest BCUT2D eigenvalue weighted by Crippen LogP contribution is -2.36. The molecule has 1 amide bonds. The smallest absolute Gasteiger partial charge is 0.258 e. The lowest BCUT2D eigenvalue weighted by atomic mass is 10.0. The number of benzene rings is 2. The highest BCUT2D eigenvalue weighted by molar-refractivity contribution is 7.89. The van der Waals surface area contributed by atoms with E-state index in [9.17, 15) is 13.2 Å². The van der Waals surface area contributed by atoms with Crippen molar-refractivity contribution in [3.63, 3.8) is 0 Å². The zero-order valence-corrected chi connectivity index (χ0v) is 17.3. The van der Waals surface area contributed by atoms with Crippen molar-refractivity contribution in [3.8, 4) is 5.75 Å². The Balaban J connectivity index is 2.04. The number of ether oxygens (including phenoxy) is 1. The van der Waals surface area contributed by atoms with Crippen molar-refractivity contribution in [3.05, 3.63) is 53.6 Å². The van der Waals surface area contributed by atoms with Crippen molar-refractivity contribution in [2.75, 3.05) is 31.6 Å². The van der Waals surface area contributed by atoms with E-state index in [1.54, 1.807) is 30.9 Å². The largest absolute Gasteiger partial charge is 0.495 e. The highest BCUT2D eigenvalue weighted by Gasteiger charge is 2.29. The molecule has 0 atom stereocenters. The summed E-state index contributed by atoms with van der Waals surface area (Å²) in [6.45, 7) is 4.87. The van der Waals surface area contributed by atoms with E-state index in [-0.39, 0.29) is 16.6 Å². The van der Waals surface area contributed by atoms with E-state index in [0.29, 0.717) is 25.2 Å². The fraction of sp³-hybridized carbons (Fsp3) is 0.381. The van der Waals surface area contributed by atoms with E-state index in [4.69, 9.17) is 4.74 Å². The molecule has 0 fully saturated rings. The van der Waals surface area contributed by atoms with E-state index in [1.165, 1.54) is 17.5 Å². The van der Waals surface area contributed by atoms with Crippen LogP contribution in [-0.4, -0.2) is 45.4 Å². The minimum absolute atomic E-state index is 0.0230. The number of rotatable bonds is 6. The van der Waals surface area contributed by atoms with Gasteiger partial charge in [-0.1, -0.05) is 32.0 Å². The van der Waals surface area contributed by atoms with Crippen molar-refractivity contribution in [1.82, 2.24) is 4.31 Å². The first-order chi connectivity index (χ1) is 13.4. The lowest BCUT2D eigenvalue weighted by molar-refractivity contribution is 0.0985. The second kappa shape index (κ2) is 8.32. The summed E-state index contributed by atoms with van der Waals surface area (Å²) < 4.78 is 32.7. The normalized spacial score (nSPS) is 14.1. The zero-order chi connectivity index (χ0) is 20.3.